The molecule has 1 heterocycles. The third-order valence-electron chi connectivity index (χ3n) is 2.56. The van der Waals surface area contributed by atoms with E-state index < -0.39 is 0 Å². The number of thiophene rings is 1. The Morgan fingerprint density at radius 3 is 2.65 bits per heavy atom. The van der Waals surface area contributed by atoms with Crippen molar-refractivity contribution in [3.8, 4) is 0 Å². The van der Waals surface area contributed by atoms with E-state index in [0.29, 0.717) is 6.10 Å². The molecular formula is C14H25NOS. The van der Waals surface area contributed by atoms with Gasteiger partial charge >= 0.3 is 0 Å². The number of hydrogen-bond donors (Lipinski definition) is 1. The lowest BCUT2D eigenvalue weighted by atomic mass is 10.3. The molecule has 2 nitrogen and oxygen atoms in total. The summed E-state index contributed by atoms with van der Waals surface area (Å²) in [5, 5.41) is 3.48. The molecule has 17 heavy (non-hydrogen) atoms. The Bertz CT molecular complexity index is 296. The minimum Gasteiger partial charge on any atom is -0.379 e. The van der Waals surface area contributed by atoms with Crippen molar-refractivity contribution < 1.29 is 4.74 Å². The van der Waals surface area contributed by atoms with Crippen LogP contribution in [-0.2, 0) is 17.7 Å². The van der Waals surface area contributed by atoms with Gasteiger partial charge in [0.05, 0.1) is 6.10 Å². The van der Waals surface area contributed by atoms with E-state index in [0.717, 1.165) is 32.5 Å². The van der Waals surface area contributed by atoms with Crippen molar-refractivity contribution in [2.24, 2.45) is 0 Å². The molecule has 0 radical (unpaired) electrons. The van der Waals surface area contributed by atoms with Gasteiger partial charge in [-0.2, -0.15) is 0 Å². The van der Waals surface area contributed by atoms with Gasteiger partial charge in [0.25, 0.3) is 0 Å². The molecule has 1 aromatic heterocycles. The summed E-state index contributed by atoms with van der Waals surface area (Å²) in [6, 6.07) is 4.47. The molecule has 0 unspecified atom stereocenters. The second-order valence-electron chi connectivity index (χ2n) is 4.53. The summed E-state index contributed by atoms with van der Waals surface area (Å²) >= 11 is 1.92. The van der Waals surface area contributed by atoms with E-state index in [2.05, 4.69) is 38.2 Å². The zero-order valence-corrected chi connectivity index (χ0v) is 12.1. The maximum atomic E-state index is 5.50. The zero-order valence-electron chi connectivity index (χ0n) is 11.3. The first-order chi connectivity index (χ1) is 8.22. The van der Waals surface area contributed by atoms with Crippen molar-refractivity contribution in [2.75, 3.05) is 13.2 Å². The third kappa shape index (κ3) is 6.81. The fourth-order valence-electron chi connectivity index (χ4n) is 1.59. The van der Waals surface area contributed by atoms with E-state index in [1.807, 2.05) is 11.3 Å². The Hall–Kier alpha value is -0.380. The maximum Gasteiger partial charge on any atom is 0.0518 e. The molecule has 0 aliphatic rings. The van der Waals surface area contributed by atoms with E-state index in [4.69, 9.17) is 4.74 Å². The average molecular weight is 255 g/mol. The molecular weight excluding hydrogens is 230 g/mol. The summed E-state index contributed by atoms with van der Waals surface area (Å²) in [5.41, 5.74) is 0. The van der Waals surface area contributed by atoms with Crippen LogP contribution in [0, 0.1) is 0 Å². The van der Waals surface area contributed by atoms with Crippen LogP contribution in [0.2, 0.25) is 0 Å². The van der Waals surface area contributed by atoms with E-state index in [1.165, 1.54) is 16.2 Å². The fourth-order valence-corrected chi connectivity index (χ4v) is 2.52. The molecule has 1 rings (SSSR count). The zero-order chi connectivity index (χ0) is 12.5. The quantitative estimate of drug-likeness (QED) is 0.681. The summed E-state index contributed by atoms with van der Waals surface area (Å²) in [4.78, 5) is 2.92. The van der Waals surface area contributed by atoms with Crippen LogP contribution in [-0.4, -0.2) is 19.3 Å². The van der Waals surface area contributed by atoms with Crippen LogP contribution in [0.1, 0.15) is 43.4 Å². The van der Waals surface area contributed by atoms with Crippen LogP contribution < -0.4 is 5.32 Å². The molecule has 0 bridgehead atoms. The topological polar surface area (TPSA) is 21.3 Å². The molecule has 0 fully saturated rings. The van der Waals surface area contributed by atoms with Crippen LogP contribution in [0.15, 0.2) is 12.1 Å². The lowest BCUT2D eigenvalue weighted by molar-refractivity contribution is 0.0760. The first-order valence-electron chi connectivity index (χ1n) is 6.62. The molecule has 3 heteroatoms. The standard InChI is InChI=1S/C14H25NOS/c1-4-13-7-8-14(17-13)11-15-9-5-6-10-16-12(2)3/h7-8,12,15H,4-6,9-11H2,1-3H3. The summed E-state index contributed by atoms with van der Waals surface area (Å²) in [6.07, 6.45) is 3.85. The van der Waals surface area contributed by atoms with Gasteiger partial charge in [0.2, 0.25) is 0 Å². The number of hydrogen-bond acceptors (Lipinski definition) is 3. The molecule has 1 aromatic rings. The molecule has 0 aliphatic heterocycles. The van der Waals surface area contributed by atoms with Crippen molar-refractivity contribution >= 4 is 11.3 Å². The van der Waals surface area contributed by atoms with Crippen molar-refractivity contribution in [3.05, 3.63) is 21.9 Å². The highest BCUT2D eigenvalue weighted by Gasteiger charge is 1.98. The highest BCUT2D eigenvalue weighted by molar-refractivity contribution is 7.11. The van der Waals surface area contributed by atoms with Crippen LogP contribution in [0.25, 0.3) is 0 Å². The molecule has 0 atom stereocenters. The Morgan fingerprint density at radius 2 is 2.00 bits per heavy atom. The van der Waals surface area contributed by atoms with Crippen LogP contribution >= 0.6 is 11.3 Å². The summed E-state index contributed by atoms with van der Waals surface area (Å²) in [7, 11) is 0. The molecule has 0 amide bonds. The molecule has 0 aromatic carbocycles. The van der Waals surface area contributed by atoms with Gasteiger partial charge in [0.1, 0.15) is 0 Å². The van der Waals surface area contributed by atoms with Crippen molar-refractivity contribution in [1.82, 2.24) is 5.32 Å². The highest BCUT2D eigenvalue weighted by atomic mass is 32.1. The Balaban J connectivity index is 1.97. The van der Waals surface area contributed by atoms with Crippen LogP contribution in [0.4, 0.5) is 0 Å². The van der Waals surface area contributed by atoms with E-state index in [-0.39, 0.29) is 0 Å². The van der Waals surface area contributed by atoms with Crippen LogP contribution in [0.3, 0.4) is 0 Å². The molecule has 0 aliphatic carbocycles. The van der Waals surface area contributed by atoms with Gasteiger partial charge in [-0.1, -0.05) is 6.92 Å². The van der Waals surface area contributed by atoms with Gasteiger partial charge in [-0.15, -0.1) is 11.3 Å². The number of ether oxygens (including phenoxy) is 1. The summed E-state index contributed by atoms with van der Waals surface area (Å²) in [6.45, 7) is 9.35. The number of unbranched alkanes of at least 4 members (excludes halogenated alkanes) is 1. The average Bonchev–Trinajstić information content (AvgIpc) is 2.75. The van der Waals surface area contributed by atoms with Crippen molar-refractivity contribution in [3.63, 3.8) is 0 Å². The van der Waals surface area contributed by atoms with Crippen molar-refractivity contribution in [1.29, 1.82) is 0 Å². The van der Waals surface area contributed by atoms with Gasteiger partial charge in [-0.05, 0) is 51.8 Å². The van der Waals surface area contributed by atoms with E-state index in [1.54, 1.807) is 0 Å². The number of aryl methyl sites for hydroxylation is 1. The smallest absolute Gasteiger partial charge is 0.0518 e. The monoisotopic (exact) mass is 255 g/mol. The first kappa shape index (κ1) is 14.7. The van der Waals surface area contributed by atoms with E-state index in [9.17, 15) is 0 Å². The first-order valence-corrected chi connectivity index (χ1v) is 7.44. The molecule has 1 N–H and O–H groups in total. The van der Waals surface area contributed by atoms with Gasteiger partial charge < -0.3 is 10.1 Å². The Morgan fingerprint density at radius 1 is 1.24 bits per heavy atom. The number of nitrogens with one attached hydrogen (secondary N) is 1. The van der Waals surface area contributed by atoms with Gasteiger partial charge in [0, 0.05) is 22.9 Å². The van der Waals surface area contributed by atoms with Gasteiger partial charge in [-0.3, -0.25) is 0 Å². The van der Waals surface area contributed by atoms with E-state index >= 15 is 0 Å². The lowest BCUT2D eigenvalue weighted by Gasteiger charge is -2.07. The molecule has 0 spiro atoms. The summed E-state index contributed by atoms with van der Waals surface area (Å²) in [5.74, 6) is 0. The lowest BCUT2D eigenvalue weighted by Crippen LogP contribution is -2.14. The fraction of sp³-hybridized carbons (Fsp3) is 0.714. The molecule has 0 saturated carbocycles. The minimum atomic E-state index is 0.363. The van der Waals surface area contributed by atoms with Gasteiger partial charge in [0.15, 0.2) is 0 Å². The Kier molecular flexibility index (Phi) is 7.49. The minimum absolute atomic E-state index is 0.363. The second-order valence-corrected chi connectivity index (χ2v) is 5.78. The predicted molar refractivity (Wildman–Crippen MR) is 75.7 cm³/mol. The maximum absolute atomic E-state index is 5.50. The van der Waals surface area contributed by atoms with Crippen LogP contribution in [0.5, 0.6) is 0 Å². The second kappa shape index (κ2) is 8.67. The van der Waals surface area contributed by atoms with Gasteiger partial charge in [-0.25, -0.2) is 0 Å². The predicted octanol–water partition coefficient (Wildman–Crippen LogP) is 3.61. The van der Waals surface area contributed by atoms with Crippen molar-refractivity contribution in [2.45, 2.75) is 52.7 Å². The SMILES string of the molecule is CCc1ccc(CNCCCCOC(C)C)s1. The normalized spacial score (nSPS) is 11.3. The number of rotatable bonds is 9. The Labute approximate surface area is 109 Å². The molecule has 98 valence electrons. The summed E-state index contributed by atoms with van der Waals surface area (Å²) < 4.78 is 5.50. The third-order valence-corrected chi connectivity index (χ3v) is 3.79. The largest absolute Gasteiger partial charge is 0.379 e. The highest BCUT2D eigenvalue weighted by Crippen LogP contribution is 2.16. The molecule has 0 saturated heterocycles.